The van der Waals surface area contributed by atoms with Crippen LogP contribution in [-0.2, 0) is 0 Å². The maximum absolute atomic E-state index is 14.0. The first-order chi connectivity index (χ1) is 16.0. The summed E-state index contributed by atoms with van der Waals surface area (Å²) >= 11 is 0. The number of hydrogen-bond acceptors (Lipinski definition) is 4. The molecule has 4 aromatic heterocycles. The lowest BCUT2D eigenvalue weighted by Crippen LogP contribution is -2.29. The average molecular weight is 453 g/mol. The van der Waals surface area contributed by atoms with Crippen molar-refractivity contribution < 1.29 is 8.78 Å². The molecule has 0 amide bonds. The summed E-state index contributed by atoms with van der Waals surface area (Å²) in [5, 5.41) is 8.14. The Hall–Kier alpha value is -3.03. The maximum atomic E-state index is 14.0. The number of pyridine rings is 1. The smallest absolute Gasteiger partial charge is 0.267 e. The van der Waals surface area contributed by atoms with E-state index >= 15 is 0 Å². The molecule has 1 fully saturated rings. The van der Waals surface area contributed by atoms with Crippen molar-refractivity contribution in [1.82, 2.24) is 24.6 Å². The van der Waals surface area contributed by atoms with Gasteiger partial charge in [-0.05, 0) is 49.3 Å². The molecule has 1 aliphatic carbocycles. The number of nitrogens with zero attached hydrogens (tertiary/aromatic N) is 4. The Bertz CT molecular complexity index is 1250. The van der Waals surface area contributed by atoms with Gasteiger partial charge in [0.2, 0.25) is 5.95 Å². The molecule has 0 unspecified atom stereocenters. The highest BCUT2D eigenvalue weighted by Crippen LogP contribution is 2.43. The zero-order valence-electron chi connectivity index (χ0n) is 19.1. The number of H-pyrrole nitrogens is 1. The minimum Gasteiger partial charge on any atom is -0.348 e. The number of alkyl halides is 2. The molecule has 2 N–H and O–H groups in total. The Morgan fingerprint density at radius 2 is 2.00 bits per heavy atom. The third kappa shape index (κ3) is 4.30. The minimum absolute atomic E-state index is 0.215. The van der Waals surface area contributed by atoms with Crippen LogP contribution >= 0.6 is 0 Å². The van der Waals surface area contributed by atoms with Gasteiger partial charge in [-0.25, -0.2) is 18.3 Å². The number of hydrogen-bond donors (Lipinski definition) is 2. The molecule has 8 heteroatoms. The van der Waals surface area contributed by atoms with Gasteiger partial charge < -0.3 is 10.3 Å². The fraction of sp³-hybridized carbons (Fsp3) is 0.480. The molecule has 0 spiro atoms. The van der Waals surface area contributed by atoms with Gasteiger partial charge in [0.25, 0.3) is 5.92 Å². The minimum atomic E-state index is -2.72. The average Bonchev–Trinajstić information content (AvgIpc) is 3.48. The van der Waals surface area contributed by atoms with Crippen molar-refractivity contribution >= 4 is 22.5 Å². The number of aromatic amines is 1. The molecule has 0 aromatic carbocycles. The molecule has 1 saturated carbocycles. The van der Waals surface area contributed by atoms with Crippen molar-refractivity contribution in [2.24, 2.45) is 5.92 Å². The second-order valence-electron chi connectivity index (χ2n) is 9.17. The van der Waals surface area contributed by atoms with Gasteiger partial charge in [-0.1, -0.05) is 26.7 Å². The molecule has 33 heavy (non-hydrogen) atoms. The summed E-state index contributed by atoms with van der Waals surface area (Å²) < 4.78 is 29.9. The molecule has 1 aliphatic rings. The zero-order chi connectivity index (χ0) is 23.0. The lowest BCUT2D eigenvalue weighted by atomic mass is 9.91. The quantitative estimate of drug-likeness (QED) is 0.291. The number of rotatable bonds is 10. The molecular formula is C25H30F2N6. The fourth-order valence-corrected chi connectivity index (χ4v) is 4.71. The van der Waals surface area contributed by atoms with Crippen molar-refractivity contribution in [3.05, 3.63) is 42.5 Å². The maximum Gasteiger partial charge on any atom is 0.267 e. The van der Waals surface area contributed by atoms with Crippen LogP contribution in [0.1, 0.15) is 63.9 Å². The Morgan fingerprint density at radius 3 is 2.73 bits per heavy atom. The molecule has 0 bridgehead atoms. The number of fused-ring (bicyclic) bond motifs is 2. The van der Waals surface area contributed by atoms with Gasteiger partial charge in [0, 0.05) is 41.0 Å². The summed E-state index contributed by atoms with van der Waals surface area (Å²) in [6.07, 6.45) is 13.4. The Balaban J connectivity index is 1.43. The van der Waals surface area contributed by atoms with Gasteiger partial charge in [0.1, 0.15) is 5.65 Å². The molecule has 0 aliphatic heterocycles. The van der Waals surface area contributed by atoms with Crippen molar-refractivity contribution in [2.75, 3.05) is 11.9 Å². The lowest BCUT2D eigenvalue weighted by molar-refractivity contribution is -0.00831. The number of aromatic nitrogens is 5. The second-order valence-corrected chi connectivity index (χ2v) is 9.17. The third-order valence-electron chi connectivity index (χ3n) is 6.67. The molecule has 0 saturated heterocycles. The largest absolute Gasteiger partial charge is 0.348 e. The molecular weight excluding hydrogens is 422 g/mol. The predicted octanol–water partition coefficient (Wildman–Crippen LogP) is 6.41. The van der Waals surface area contributed by atoms with Crippen molar-refractivity contribution in [3.8, 4) is 11.1 Å². The van der Waals surface area contributed by atoms with Crippen LogP contribution in [0.15, 0.2) is 36.9 Å². The molecule has 174 valence electrons. The zero-order valence-corrected chi connectivity index (χ0v) is 19.1. The van der Waals surface area contributed by atoms with Crippen LogP contribution in [0.5, 0.6) is 0 Å². The van der Waals surface area contributed by atoms with Crippen LogP contribution in [0, 0.1) is 5.92 Å². The number of halogens is 2. The fourth-order valence-electron chi connectivity index (χ4n) is 4.71. The van der Waals surface area contributed by atoms with E-state index in [4.69, 9.17) is 0 Å². The van der Waals surface area contributed by atoms with E-state index in [1.165, 1.54) is 5.56 Å². The second kappa shape index (κ2) is 8.72. The first-order valence-corrected chi connectivity index (χ1v) is 11.9. The SMILES string of the molecule is CCCC(CCC)c1cnn2ccc(-c3c[nH]c4nc(NCC(F)(F)C5CC5)ncc34)cc12. The van der Waals surface area contributed by atoms with E-state index in [1.54, 1.807) is 6.20 Å². The van der Waals surface area contributed by atoms with Gasteiger partial charge in [0.15, 0.2) is 0 Å². The highest BCUT2D eigenvalue weighted by Gasteiger charge is 2.46. The Labute approximate surface area is 191 Å². The standard InChI is InChI=1S/C25H30F2N6/c1-3-5-16(6-4-2)20-14-31-33-10-9-17(11-22(20)33)19-12-28-23-21(19)13-29-24(32-23)30-15-25(26,27)18-7-8-18/h9-14,16,18H,3-8,15H2,1-2H3,(H2,28,29,30,32). The first-order valence-electron chi connectivity index (χ1n) is 11.9. The van der Waals surface area contributed by atoms with E-state index in [-0.39, 0.29) is 5.95 Å². The first kappa shape index (κ1) is 21.8. The Morgan fingerprint density at radius 1 is 1.21 bits per heavy atom. The molecule has 0 radical (unpaired) electrons. The van der Waals surface area contributed by atoms with E-state index < -0.39 is 18.4 Å². The molecule has 6 nitrogen and oxygen atoms in total. The molecule has 4 aromatic rings. The van der Waals surface area contributed by atoms with Gasteiger partial charge in [-0.15, -0.1) is 0 Å². The summed E-state index contributed by atoms with van der Waals surface area (Å²) in [6, 6.07) is 4.20. The van der Waals surface area contributed by atoms with Crippen molar-refractivity contribution in [1.29, 1.82) is 0 Å². The molecule has 5 rings (SSSR count). The van der Waals surface area contributed by atoms with Gasteiger partial charge >= 0.3 is 0 Å². The van der Waals surface area contributed by atoms with E-state index in [1.807, 2.05) is 29.2 Å². The van der Waals surface area contributed by atoms with E-state index in [2.05, 4.69) is 45.3 Å². The third-order valence-corrected chi connectivity index (χ3v) is 6.67. The predicted molar refractivity (Wildman–Crippen MR) is 127 cm³/mol. The lowest BCUT2D eigenvalue weighted by Gasteiger charge is -2.15. The Kier molecular flexibility index (Phi) is 5.76. The summed E-state index contributed by atoms with van der Waals surface area (Å²) in [4.78, 5) is 11.9. The highest BCUT2D eigenvalue weighted by atomic mass is 19.3. The van der Waals surface area contributed by atoms with Crippen LogP contribution < -0.4 is 5.32 Å². The summed E-state index contributed by atoms with van der Waals surface area (Å²) in [6.45, 7) is 4.01. The normalized spacial score (nSPS) is 14.6. The van der Waals surface area contributed by atoms with Crippen LogP contribution in [0.2, 0.25) is 0 Å². The van der Waals surface area contributed by atoms with E-state index in [0.717, 1.165) is 47.7 Å². The monoisotopic (exact) mass is 452 g/mol. The summed E-state index contributed by atoms with van der Waals surface area (Å²) in [7, 11) is 0. The number of nitrogens with one attached hydrogen (secondary N) is 2. The summed E-state index contributed by atoms with van der Waals surface area (Å²) in [5.41, 5.74) is 5.07. The molecule has 4 heterocycles. The van der Waals surface area contributed by atoms with E-state index in [9.17, 15) is 8.78 Å². The highest BCUT2D eigenvalue weighted by molar-refractivity contribution is 5.94. The van der Waals surface area contributed by atoms with Crippen molar-refractivity contribution in [3.63, 3.8) is 0 Å². The summed E-state index contributed by atoms with van der Waals surface area (Å²) in [5.74, 6) is -2.51. The van der Waals surface area contributed by atoms with E-state index in [0.29, 0.717) is 24.4 Å². The van der Waals surface area contributed by atoms with Gasteiger partial charge in [0.05, 0.1) is 18.3 Å². The van der Waals surface area contributed by atoms with Crippen LogP contribution in [-0.4, -0.2) is 37.0 Å². The van der Waals surface area contributed by atoms with Gasteiger partial charge in [-0.3, -0.25) is 0 Å². The molecule has 0 atom stereocenters. The topological polar surface area (TPSA) is 70.9 Å². The van der Waals surface area contributed by atoms with Crippen LogP contribution in [0.25, 0.3) is 27.7 Å². The van der Waals surface area contributed by atoms with Crippen LogP contribution in [0.4, 0.5) is 14.7 Å². The van der Waals surface area contributed by atoms with Crippen LogP contribution in [0.3, 0.4) is 0 Å². The van der Waals surface area contributed by atoms with Gasteiger partial charge in [-0.2, -0.15) is 10.1 Å². The van der Waals surface area contributed by atoms with Crippen molar-refractivity contribution in [2.45, 2.75) is 64.2 Å². The number of anilines is 1.